The van der Waals surface area contributed by atoms with Gasteiger partial charge in [0.1, 0.15) is 5.75 Å². The third-order valence-corrected chi connectivity index (χ3v) is 5.34. The third-order valence-electron chi connectivity index (χ3n) is 5.34. The van der Waals surface area contributed by atoms with Gasteiger partial charge in [-0.15, -0.1) is 0 Å². The lowest BCUT2D eigenvalue weighted by Crippen LogP contribution is -2.12. The van der Waals surface area contributed by atoms with Crippen LogP contribution in [0.15, 0.2) is 48.1 Å². The van der Waals surface area contributed by atoms with Gasteiger partial charge in [0, 0.05) is 17.5 Å². The van der Waals surface area contributed by atoms with E-state index in [-0.39, 0.29) is 17.1 Å². The number of carbonyl (C=O) groups excluding carboxylic acids is 1. The molecule has 0 saturated carbocycles. The first-order valence-electron chi connectivity index (χ1n) is 9.60. The van der Waals surface area contributed by atoms with Gasteiger partial charge in [-0.2, -0.15) is 0 Å². The quantitative estimate of drug-likeness (QED) is 0.498. The van der Waals surface area contributed by atoms with E-state index in [0.29, 0.717) is 22.8 Å². The highest BCUT2D eigenvalue weighted by atomic mass is 16.5. The first kappa shape index (κ1) is 21.8. The van der Waals surface area contributed by atoms with Crippen molar-refractivity contribution in [2.75, 3.05) is 21.3 Å². The number of carbonyl (C=O) groups is 1. The van der Waals surface area contributed by atoms with Crippen LogP contribution in [0, 0.1) is 5.41 Å². The number of hydrogen-bond acceptors (Lipinski definition) is 4. The van der Waals surface area contributed by atoms with Gasteiger partial charge in [0.25, 0.3) is 0 Å². The highest BCUT2D eigenvalue weighted by molar-refractivity contribution is 6.04. The average molecular weight is 385 g/mol. The molecule has 1 aliphatic rings. The summed E-state index contributed by atoms with van der Waals surface area (Å²) in [5.41, 5.74) is 2.69. The summed E-state index contributed by atoms with van der Waals surface area (Å²) in [6.07, 6.45) is 8.47. The smallest absolute Gasteiger partial charge is 0.181 e. The molecule has 0 bridgehead atoms. The lowest BCUT2D eigenvalue weighted by atomic mass is 9.84. The van der Waals surface area contributed by atoms with E-state index in [0.717, 1.165) is 24.8 Å². The fraction of sp³-hybridized carbons (Fsp3) is 0.458. The predicted octanol–water partition coefficient (Wildman–Crippen LogP) is 5.63. The number of rotatable bonds is 4. The van der Waals surface area contributed by atoms with Crippen LogP contribution in [-0.2, 0) is 4.79 Å². The number of benzene rings is 1. The molecule has 0 aliphatic heterocycles. The molecule has 152 valence electrons. The molecule has 2 rings (SSSR count). The Morgan fingerprint density at radius 1 is 1.04 bits per heavy atom. The second kappa shape index (κ2) is 9.13. The molecule has 0 amide bonds. The Morgan fingerprint density at radius 3 is 2.25 bits per heavy atom. The summed E-state index contributed by atoms with van der Waals surface area (Å²) in [4.78, 5) is 12.9. The third kappa shape index (κ3) is 5.06. The summed E-state index contributed by atoms with van der Waals surface area (Å²) in [5, 5.41) is 0. The van der Waals surface area contributed by atoms with Crippen LogP contribution in [0.5, 0.6) is 17.2 Å². The molecule has 0 radical (unpaired) electrons. The van der Waals surface area contributed by atoms with E-state index >= 15 is 0 Å². The highest BCUT2D eigenvalue weighted by Crippen LogP contribution is 2.42. The molecule has 0 heterocycles. The minimum absolute atomic E-state index is 0.0468. The van der Waals surface area contributed by atoms with Crippen molar-refractivity contribution < 1.29 is 19.0 Å². The normalized spacial score (nSPS) is 23.2. The molecule has 0 spiro atoms. The molecular formula is C24H32O4. The molecule has 4 heteroatoms. The van der Waals surface area contributed by atoms with Crippen molar-refractivity contribution in [1.29, 1.82) is 0 Å². The first-order valence-corrected chi connectivity index (χ1v) is 9.60. The first-order chi connectivity index (χ1) is 13.2. The van der Waals surface area contributed by atoms with Crippen molar-refractivity contribution in [2.45, 2.75) is 46.0 Å². The molecule has 28 heavy (non-hydrogen) atoms. The number of ether oxygens (including phenoxy) is 3. The fourth-order valence-corrected chi connectivity index (χ4v) is 3.40. The Balaban J connectivity index is 2.55. The molecule has 1 aromatic rings. The molecule has 0 saturated heterocycles. The molecule has 1 aromatic carbocycles. The van der Waals surface area contributed by atoms with E-state index in [4.69, 9.17) is 14.2 Å². The summed E-state index contributed by atoms with van der Waals surface area (Å²) in [6.45, 7) is 10.6. The summed E-state index contributed by atoms with van der Waals surface area (Å²) in [7, 11) is 4.81. The lowest BCUT2D eigenvalue weighted by Gasteiger charge is -2.23. The SMILES string of the molecule is C=C1C(=O)/C=C/C(C)(C)C/C=C(\C)CCC1c1cc(OC)c(OC)cc1OC. The van der Waals surface area contributed by atoms with E-state index in [1.165, 1.54) is 5.57 Å². The van der Waals surface area contributed by atoms with Gasteiger partial charge < -0.3 is 14.2 Å². The van der Waals surface area contributed by atoms with Gasteiger partial charge in [-0.05, 0) is 49.3 Å². The molecule has 1 aliphatic carbocycles. The molecule has 1 atom stereocenters. The number of ketones is 1. The second-order valence-electron chi connectivity index (χ2n) is 8.01. The topological polar surface area (TPSA) is 44.8 Å². The van der Waals surface area contributed by atoms with Gasteiger partial charge in [0.2, 0.25) is 0 Å². The van der Waals surface area contributed by atoms with E-state index in [9.17, 15) is 4.79 Å². The Morgan fingerprint density at radius 2 is 1.64 bits per heavy atom. The zero-order valence-corrected chi connectivity index (χ0v) is 17.9. The Labute approximate surface area is 168 Å². The van der Waals surface area contributed by atoms with Crippen LogP contribution in [0.1, 0.15) is 51.5 Å². The molecule has 1 unspecified atom stereocenters. The monoisotopic (exact) mass is 384 g/mol. The maximum atomic E-state index is 12.9. The van der Waals surface area contributed by atoms with Crippen molar-refractivity contribution in [2.24, 2.45) is 5.41 Å². The molecule has 0 aromatic heterocycles. The van der Waals surface area contributed by atoms with Gasteiger partial charge in [-0.1, -0.05) is 38.2 Å². The second-order valence-corrected chi connectivity index (χ2v) is 8.01. The average Bonchev–Trinajstić information content (AvgIpc) is 2.70. The Kier molecular flexibility index (Phi) is 7.11. The predicted molar refractivity (Wildman–Crippen MR) is 114 cm³/mol. The Bertz CT molecular complexity index is 799. The number of hydrogen-bond donors (Lipinski definition) is 0. The van der Waals surface area contributed by atoms with E-state index in [1.54, 1.807) is 33.5 Å². The van der Waals surface area contributed by atoms with Crippen molar-refractivity contribution in [3.05, 3.63) is 53.6 Å². The highest BCUT2D eigenvalue weighted by Gasteiger charge is 2.26. The van der Waals surface area contributed by atoms with Crippen molar-refractivity contribution in [1.82, 2.24) is 0 Å². The summed E-state index contributed by atoms with van der Waals surface area (Å²) >= 11 is 0. The minimum atomic E-state index is -0.170. The van der Waals surface area contributed by atoms with Crippen LogP contribution in [0.3, 0.4) is 0 Å². The standard InChI is InChI=1S/C24H32O4/c1-16-8-9-18(17(2)20(25)11-13-24(3,4)12-10-16)19-14-22(27-6)23(28-7)15-21(19)26-5/h10-11,13-15,18H,2,8-9,12H2,1,3-7H3/b13-11+,16-10+. The van der Waals surface area contributed by atoms with Crippen molar-refractivity contribution >= 4 is 5.78 Å². The van der Waals surface area contributed by atoms with Crippen LogP contribution in [0.4, 0.5) is 0 Å². The van der Waals surface area contributed by atoms with Crippen LogP contribution in [-0.4, -0.2) is 27.1 Å². The summed E-state index contributed by atoms with van der Waals surface area (Å²) in [6, 6.07) is 3.70. The van der Waals surface area contributed by atoms with Crippen molar-refractivity contribution in [3.8, 4) is 17.2 Å². The maximum Gasteiger partial charge on any atom is 0.181 e. The van der Waals surface area contributed by atoms with Crippen LogP contribution >= 0.6 is 0 Å². The number of allylic oxidation sites excluding steroid dienone is 5. The van der Waals surface area contributed by atoms with Crippen LogP contribution in [0.25, 0.3) is 0 Å². The Hall–Kier alpha value is -2.49. The molecule has 0 fully saturated rings. The molecule has 0 N–H and O–H groups in total. The van der Waals surface area contributed by atoms with E-state index in [1.807, 2.05) is 12.1 Å². The zero-order chi connectivity index (χ0) is 20.9. The van der Waals surface area contributed by atoms with Crippen LogP contribution in [0.2, 0.25) is 0 Å². The molecular weight excluding hydrogens is 352 g/mol. The summed E-state index contributed by atoms with van der Waals surface area (Å²) < 4.78 is 16.5. The van der Waals surface area contributed by atoms with Gasteiger partial charge in [0.05, 0.1) is 21.3 Å². The van der Waals surface area contributed by atoms with Gasteiger partial charge >= 0.3 is 0 Å². The summed E-state index contributed by atoms with van der Waals surface area (Å²) in [5.74, 6) is 1.65. The van der Waals surface area contributed by atoms with Crippen molar-refractivity contribution in [3.63, 3.8) is 0 Å². The van der Waals surface area contributed by atoms with Gasteiger partial charge in [-0.3, -0.25) is 4.79 Å². The zero-order valence-electron chi connectivity index (χ0n) is 17.9. The fourth-order valence-electron chi connectivity index (χ4n) is 3.40. The maximum absolute atomic E-state index is 12.9. The van der Waals surface area contributed by atoms with E-state index < -0.39 is 0 Å². The van der Waals surface area contributed by atoms with Gasteiger partial charge in [-0.25, -0.2) is 0 Å². The van der Waals surface area contributed by atoms with E-state index in [2.05, 4.69) is 33.4 Å². The number of methoxy groups -OCH3 is 3. The lowest BCUT2D eigenvalue weighted by molar-refractivity contribution is -0.111. The van der Waals surface area contributed by atoms with Gasteiger partial charge in [0.15, 0.2) is 17.3 Å². The largest absolute Gasteiger partial charge is 0.496 e. The van der Waals surface area contributed by atoms with Crippen LogP contribution < -0.4 is 14.2 Å². The molecule has 4 nitrogen and oxygen atoms in total. The minimum Gasteiger partial charge on any atom is -0.496 e.